The second-order valence-electron chi connectivity index (χ2n) is 6.47. The van der Waals surface area contributed by atoms with E-state index in [1.54, 1.807) is 45.3 Å². The third kappa shape index (κ3) is 4.78. The normalized spacial score (nSPS) is 11.6. The van der Waals surface area contributed by atoms with E-state index in [-0.39, 0.29) is 30.1 Å². The number of hydrogen-bond acceptors (Lipinski definition) is 3. The van der Waals surface area contributed by atoms with Crippen LogP contribution in [0.25, 0.3) is 11.1 Å². The molecule has 0 aliphatic carbocycles. The smallest absolute Gasteiger partial charge is 0.253 e. The van der Waals surface area contributed by atoms with Gasteiger partial charge in [-0.1, -0.05) is 12.1 Å². The summed E-state index contributed by atoms with van der Waals surface area (Å²) in [5.41, 5.74) is 1.82. The largest absolute Gasteiger partial charge is 0.359 e. The molecule has 0 aliphatic rings. The summed E-state index contributed by atoms with van der Waals surface area (Å²) in [7, 11) is 3.18. The maximum atomic E-state index is 13.7. The van der Waals surface area contributed by atoms with Crippen LogP contribution in [0.4, 0.5) is 4.39 Å². The highest BCUT2D eigenvalue weighted by atomic mass is 19.1. The van der Waals surface area contributed by atoms with Crippen LogP contribution in [0, 0.1) is 5.82 Å². The van der Waals surface area contributed by atoms with Crippen LogP contribution in [0.5, 0.6) is 0 Å². The van der Waals surface area contributed by atoms with E-state index in [4.69, 9.17) is 0 Å². The Hall–Kier alpha value is -3.02. The number of carbonyl (C=O) groups excluding carboxylic acids is 3. The number of rotatable bonds is 6. The third-order valence-electron chi connectivity index (χ3n) is 4.52. The molecule has 1 atom stereocenters. The molecule has 2 aromatic rings. The standard InChI is InChI=1S/C21H23FN2O3/c1-13(10-20(26)23-3)24(4)21(27)16-7-5-6-15(11-16)19-12-17(22)8-9-18(19)14(2)25/h5-9,11-13H,10H2,1-4H3,(H,23,26). The third-order valence-corrected chi connectivity index (χ3v) is 4.52. The molecule has 142 valence electrons. The second-order valence-corrected chi connectivity index (χ2v) is 6.47. The average molecular weight is 370 g/mol. The van der Waals surface area contributed by atoms with Crippen molar-refractivity contribution >= 4 is 17.6 Å². The van der Waals surface area contributed by atoms with Crippen molar-refractivity contribution in [1.29, 1.82) is 0 Å². The minimum atomic E-state index is -0.456. The van der Waals surface area contributed by atoms with Gasteiger partial charge in [-0.05, 0) is 55.3 Å². The van der Waals surface area contributed by atoms with Crippen LogP contribution in [0.1, 0.15) is 41.0 Å². The summed E-state index contributed by atoms with van der Waals surface area (Å²) in [5.74, 6) is -1.04. The Kier molecular flexibility index (Phi) is 6.45. The lowest BCUT2D eigenvalue weighted by atomic mass is 9.95. The summed E-state index contributed by atoms with van der Waals surface area (Å²) >= 11 is 0. The zero-order valence-electron chi connectivity index (χ0n) is 15.9. The molecule has 0 heterocycles. The van der Waals surface area contributed by atoms with Crippen LogP contribution >= 0.6 is 0 Å². The first-order valence-corrected chi connectivity index (χ1v) is 8.63. The Morgan fingerprint density at radius 1 is 1.15 bits per heavy atom. The van der Waals surface area contributed by atoms with E-state index in [0.29, 0.717) is 22.3 Å². The Balaban J connectivity index is 2.35. The summed E-state index contributed by atoms with van der Waals surface area (Å²) in [6, 6.07) is 10.4. The molecule has 0 saturated heterocycles. The van der Waals surface area contributed by atoms with Gasteiger partial charge in [0.05, 0.1) is 0 Å². The van der Waals surface area contributed by atoms with E-state index >= 15 is 0 Å². The van der Waals surface area contributed by atoms with Crippen molar-refractivity contribution in [2.75, 3.05) is 14.1 Å². The van der Waals surface area contributed by atoms with Gasteiger partial charge in [-0.25, -0.2) is 4.39 Å². The van der Waals surface area contributed by atoms with Gasteiger partial charge in [0.25, 0.3) is 5.91 Å². The van der Waals surface area contributed by atoms with E-state index in [1.165, 1.54) is 30.0 Å². The number of benzene rings is 2. The SMILES string of the molecule is CNC(=O)CC(C)N(C)C(=O)c1cccc(-c2cc(F)ccc2C(C)=O)c1. The molecule has 0 fully saturated rings. The highest BCUT2D eigenvalue weighted by molar-refractivity contribution is 6.02. The first-order chi connectivity index (χ1) is 12.7. The van der Waals surface area contributed by atoms with Gasteiger partial charge in [-0.15, -0.1) is 0 Å². The monoisotopic (exact) mass is 370 g/mol. The number of nitrogens with one attached hydrogen (secondary N) is 1. The highest BCUT2D eigenvalue weighted by Gasteiger charge is 2.20. The average Bonchev–Trinajstić information content (AvgIpc) is 2.66. The zero-order valence-corrected chi connectivity index (χ0v) is 15.9. The summed E-state index contributed by atoms with van der Waals surface area (Å²) in [5, 5.41) is 2.54. The molecule has 0 bridgehead atoms. The molecular weight excluding hydrogens is 347 g/mol. The summed E-state index contributed by atoms with van der Waals surface area (Å²) < 4.78 is 13.7. The fraction of sp³-hybridized carbons (Fsp3) is 0.286. The van der Waals surface area contributed by atoms with E-state index < -0.39 is 5.82 Å². The van der Waals surface area contributed by atoms with Gasteiger partial charge in [0.2, 0.25) is 5.91 Å². The molecular formula is C21H23FN2O3. The van der Waals surface area contributed by atoms with E-state index in [0.717, 1.165) is 0 Å². The van der Waals surface area contributed by atoms with Gasteiger partial charge in [0, 0.05) is 37.7 Å². The number of halogens is 1. The van der Waals surface area contributed by atoms with Crippen molar-refractivity contribution in [2.24, 2.45) is 0 Å². The molecule has 5 nitrogen and oxygen atoms in total. The van der Waals surface area contributed by atoms with Crippen molar-refractivity contribution in [3.63, 3.8) is 0 Å². The highest BCUT2D eigenvalue weighted by Crippen LogP contribution is 2.26. The lowest BCUT2D eigenvalue weighted by molar-refractivity contribution is -0.121. The van der Waals surface area contributed by atoms with Crippen molar-refractivity contribution in [1.82, 2.24) is 10.2 Å². The second kappa shape index (κ2) is 8.58. The van der Waals surface area contributed by atoms with Gasteiger partial charge in [-0.3, -0.25) is 14.4 Å². The van der Waals surface area contributed by atoms with Gasteiger partial charge >= 0.3 is 0 Å². The fourth-order valence-electron chi connectivity index (χ4n) is 2.79. The fourth-order valence-corrected chi connectivity index (χ4v) is 2.79. The molecule has 0 spiro atoms. The lowest BCUT2D eigenvalue weighted by Gasteiger charge is -2.24. The number of carbonyl (C=O) groups is 3. The number of Topliss-reactive ketones (excluding diaryl/α,β-unsaturated/α-hetero) is 1. The first-order valence-electron chi connectivity index (χ1n) is 8.63. The Morgan fingerprint density at radius 2 is 1.85 bits per heavy atom. The molecule has 1 N–H and O–H groups in total. The van der Waals surface area contributed by atoms with Gasteiger partial charge < -0.3 is 10.2 Å². The molecule has 2 aromatic carbocycles. The predicted octanol–water partition coefficient (Wildman–Crippen LogP) is 3.29. The lowest BCUT2D eigenvalue weighted by Crippen LogP contribution is -2.38. The Bertz CT molecular complexity index is 879. The minimum Gasteiger partial charge on any atom is -0.359 e. The van der Waals surface area contributed by atoms with E-state index in [9.17, 15) is 18.8 Å². The molecule has 6 heteroatoms. The molecule has 0 aliphatic heterocycles. The van der Waals surface area contributed by atoms with Crippen LogP contribution in [-0.4, -0.2) is 42.6 Å². The van der Waals surface area contributed by atoms with Crippen molar-refractivity contribution in [3.8, 4) is 11.1 Å². The first kappa shape index (κ1) is 20.3. The molecule has 27 heavy (non-hydrogen) atoms. The van der Waals surface area contributed by atoms with Gasteiger partial charge in [-0.2, -0.15) is 0 Å². The van der Waals surface area contributed by atoms with Crippen LogP contribution in [0.3, 0.4) is 0 Å². The maximum Gasteiger partial charge on any atom is 0.253 e. The number of ketones is 1. The summed E-state index contributed by atoms with van der Waals surface area (Å²) in [4.78, 5) is 37.7. The summed E-state index contributed by atoms with van der Waals surface area (Å²) in [6.07, 6.45) is 0.191. The quantitative estimate of drug-likeness (QED) is 0.794. The van der Waals surface area contributed by atoms with Crippen molar-refractivity contribution in [3.05, 3.63) is 59.4 Å². The zero-order chi connectivity index (χ0) is 20.1. The van der Waals surface area contributed by atoms with Crippen LogP contribution in [-0.2, 0) is 4.79 Å². The topological polar surface area (TPSA) is 66.5 Å². The molecule has 2 amide bonds. The van der Waals surface area contributed by atoms with Crippen LogP contribution < -0.4 is 5.32 Å². The molecule has 0 aromatic heterocycles. The van der Waals surface area contributed by atoms with Crippen molar-refractivity contribution in [2.45, 2.75) is 26.3 Å². The van der Waals surface area contributed by atoms with E-state index in [2.05, 4.69) is 5.32 Å². The number of amides is 2. The van der Waals surface area contributed by atoms with Gasteiger partial charge in [0.1, 0.15) is 5.82 Å². The number of nitrogens with zero attached hydrogens (tertiary/aromatic N) is 1. The van der Waals surface area contributed by atoms with Gasteiger partial charge in [0.15, 0.2) is 5.78 Å². The molecule has 0 saturated carbocycles. The molecule has 1 unspecified atom stereocenters. The molecule has 2 rings (SSSR count). The minimum absolute atomic E-state index is 0.151. The number of hydrogen-bond donors (Lipinski definition) is 1. The van der Waals surface area contributed by atoms with Crippen LogP contribution in [0.15, 0.2) is 42.5 Å². The van der Waals surface area contributed by atoms with E-state index in [1.807, 2.05) is 0 Å². The van der Waals surface area contributed by atoms with Crippen molar-refractivity contribution < 1.29 is 18.8 Å². The molecule has 0 radical (unpaired) electrons. The maximum absolute atomic E-state index is 13.7. The van der Waals surface area contributed by atoms with Crippen LogP contribution in [0.2, 0.25) is 0 Å². The Morgan fingerprint density at radius 3 is 2.48 bits per heavy atom. The predicted molar refractivity (Wildman–Crippen MR) is 102 cm³/mol. The Labute approximate surface area is 158 Å². The summed E-state index contributed by atoms with van der Waals surface area (Å²) in [6.45, 7) is 3.21.